The van der Waals surface area contributed by atoms with E-state index in [0.29, 0.717) is 16.2 Å². The normalized spacial score (nSPS) is 18.1. The predicted octanol–water partition coefficient (Wildman–Crippen LogP) is -0.600. The van der Waals surface area contributed by atoms with Gasteiger partial charge in [0.15, 0.2) is 0 Å². The van der Waals surface area contributed by atoms with Crippen molar-refractivity contribution in [2.45, 2.75) is 0 Å². The third kappa shape index (κ3) is 4.15. The standard InChI is InChI=1S/C13H10ClNO5S/c1-19-12-5-3-11(4-6-12)13-7-2-10(8-15)9-21(13)20-14(16,17)18/h2-7,9H,1H3. The zero-order valence-corrected chi connectivity index (χ0v) is 12.4. The molecule has 1 atom stereocenters. The van der Waals surface area contributed by atoms with Crippen molar-refractivity contribution in [3.8, 4) is 11.8 Å². The van der Waals surface area contributed by atoms with Crippen molar-refractivity contribution in [3.05, 3.63) is 47.6 Å². The fourth-order valence-electron chi connectivity index (χ4n) is 1.62. The van der Waals surface area contributed by atoms with Gasteiger partial charge in [-0.2, -0.15) is 19.2 Å². The Bertz CT molecular complexity index is 667. The molecule has 1 aromatic rings. The van der Waals surface area contributed by atoms with E-state index in [9.17, 15) is 14.0 Å². The molecule has 8 heteroatoms. The van der Waals surface area contributed by atoms with Crippen LogP contribution >= 0.6 is 10.8 Å². The Morgan fingerprint density at radius 3 is 2.33 bits per heavy atom. The summed E-state index contributed by atoms with van der Waals surface area (Å²) in [6.07, 6.45) is 3.09. The molecule has 21 heavy (non-hydrogen) atoms. The lowest BCUT2D eigenvalue weighted by atomic mass is 10.2. The van der Waals surface area contributed by atoms with Gasteiger partial charge in [0.2, 0.25) is 0 Å². The molecule has 6 nitrogen and oxygen atoms in total. The molecule has 0 saturated carbocycles. The highest BCUT2D eigenvalue weighted by Crippen LogP contribution is 2.39. The van der Waals surface area contributed by atoms with E-state index in [2.05, 4.69) is 3.74 Å². The molecule has 2 rings (SSSR count). The molecule has 0 N–H and O–H groups in total. The van der Waals surface area contributed by atoms with Crippen LogP contribution in [-0.2, 0) is 3.74 Å². The predicted molar refractivity (Wildman–Crippen MR) is 69.4 cm³/mol. The van der Waals surface area contributed by atoms with Crippen LogP contribution in [0.3, 0.4) is 0 Å². The lowest BCUT2D eigenvalue weighted by molar-refractivity contribution is -1.91. The highest BCUT2D eigenvalue weighted by atomic mass is 35.7. The van der Waals surface area contributed by atoms with Crippen LogP contribution in [0.25, 0.3) is 4.91 Å². The van der Waals surface area contributed by atoms with Crippen molar-refractivity contribution in [2.24, 2.45) is 0 Å². The maximum absolute atomic E-state index is 10.8. The molecule has 110 valence electrons. The van der Waals surface area contributed by atoms with Crippen LogP contribution in [-0.4, -0.2) is 12.5 Å². The van der Waals surface area contributed by atoms with Gasteiger partial charge < -0.3 is 4.74 Å². The Balaban J connectivity index is 2.39. The van der Waals surface area contributed by atoms with Gasteiger partial charge in [0.1, 0.15) is 20.3 Å². The van der Waals surface area contributed by atoms with E-state index in [1.54, 1.807) is 30.3 Å². The number of hydrogen-bond donors (Lipinski definition) is 0. The highest BCUT2D eigenvalue weighted by molar-refractivity contribution is 8.19. The molecule has 0 fully saturated rings. The highest BCUT2D eigenvalue weighted by Gasteiger charge is 2.27. The number of halogens is 1. The first-order chi connectivity index (χ1) is 9.93. The number of hydrogen-bond acceptors (Lipinski definition) is 6. The van der Waals surface area contributed by atoms with E-state index in [1.165, 1.54) is 18.6 Å². The van der Waals surface area contributed by atoms with Gasteiger partial charge >= 0.3 is 0 Å². The van der Waals surface area contributed by atoms with Gasteiger partial charge in [-0.15, -0.1) is 0 Å². The van der Waals surface area contributed by atoms with Gasteiger partial charge in [-0.1, -0.05) is 12.1 Å². The first-order valence-electron chi connectivity index (χ1n) is 5.58. The van der Waals surface area contributed by atoms with E-state index >= 15 is 0 Å². The Morgan fingerprint density at radius 1 is 1.14 bits per heavy atom. The lowest BCUT2D eigenvalue weighted by Gasteiger charge is -2.17. The smallest absolute Gasteiger partial charge is 0.141 e. The summed E-state index contributed by atoms with van der Waals surface area (Å²) < 4.78 is 42.0. The number of nitriles is 1. The molecule has 1 aliphatic heterocycles. The molecule has 0 saturated heterocycles. The van der Waals surface area contributed by atoms with Crippen LogP contribution in [0.2, 0.25) is 0 Å². The molecule has 1 heterocycles. The maximum atomic E-state index is 10.8. The second kappa shape index (κ2) is 6.41. The molecule has 0 aromatic heterocycles. The summed E-state index contributed by atoms with van der Waals surface area (Å²) in [6, 6.07) is 8.70. The first-order valence-corrected chi connectivity index (χ1v) is 8.03. The fourth-order valence-corrected chi connectivity index (χ4v) is 3.76. The summed E-state index contributed by atoms with van der Waals surface area (Å²) in [5, 5.41) is 10.2. The Labute approximate surface area is 126 Å². The molecule has 0 radical (unpaired) electrons. The molecular formula is C13H10ClNO5S. The van der Waals surface area contributed by atoms with Gasteiger partial charge in [-0.05, 0) is 29.8 Å². The second-order valence-electron chi connectivity index (χ2n) is 3.85. The molecule has 0 aliphatic carbocycles. The zero-order valence-electron chi connectivity index (χ0n) is 10.8. The van der Waals surface area contributed by atoms with Crippen LogP contribution in [0.5, 0.6) is 5.75 Å². The summed E-state index contributed by atoms with van der Waals surface area (Å²) in [7, 11) is -4.52. The molecular weight excluding hydrogens is 318 g/mol. The van der Waals surface area contributed by atoms with Crippen molar-refractivity contribution in [3.63, 3.8) is 0 Å². The van der Waals surface area contributed by atoms with Crippen molar-refractivity contribution < 1.29 is 32.7 Å². The van der Waals surface area contributed by atoms with Gasteiger partial charge in [0.05, 0.1) is 33.9 Å². The van der Waals surface area contributed by atoms with Crippen LogP contribution in [0, 0.1) is 21.6 Å². The van der Waals surface area contributed by atoms with Gasteiger partial charge in [-0.25, -0.2) is 0 Å². The molecule has 1 unspecified atom stereocenters. The van der Waals surface area contributed by atoms with Crippen LogP contribution in [0.4, 0.5) is 0 Å². The third-order valence-electron chi connectivity index (χ3n) is 2.51. The van der Waals surface area contributed by atoms with Gasteiger partial charge in [-0.3, -0.25) is 0 Å². The summed E-state index contributed by atoms with van der Waals surface area (Å²) >= 11 is 0. The largest absolute Gasteiger partial charge is 0.497 e. The van der Waals surface area contributed by atoms with Crippen LogP contribution in [0.1, 0.15) is 5.56 Å². The number of allylic oxidation sites excluding steroid dienone is 3. The summed E-state index contributed by atoms with van der Waals surface area (Å²) in [5.41, 5.74) is 0.900. The maximum Gasteiger partial charge on any atom is 0.141 e. The van der Waals surface area contributed by atoms with E-state index in [4.69, 9.17) is 10.00 Å². The average Bonchev–Trinajstić information content (AvgIpc) is 2.45. The summed E-state index contributed by atoms with van der Waals surface area (Å²) in [4.78, 5) is 0.489. The molecule has 1 aromatic carbocycles. The second-order valence-corrected chi connectivity index (χ2v) is 6.38. The minimum atomic E-state index is -4.60. The monoisotopic (exact) mass is 327 g/mol. The van der Waals surface area contributed by atoms with Crippen LogP contribution in [0.15, 0.2) is 42.0 Å². The third-order valence-corrected chi connectivity index (χ3v) is 4.95. The number of rotatable bonds is 4. The average molecular weight is 328 g/mol. The minimum absolute atomic E-state index is 0.231. The molecule has 1 aliphatic rings. The number of methoxy groups -OCH3 is 1. The topological polar surface area (TPSA) is 111 Å². The van der Waals surface area contributed by atoms with Crippen LogP contribution < -0.4 is 18.7 Å². The molecule has 0 spiro atoms. The lowest BCUT2D eigenvalue weighted by Crippen LogP contribution is -2.60. The van der Waals surface area contributed by atoms with Crippen molar-refractivity contribution in [1.29, 1.82) is 5.26 Å². The quantitative estimate of drug-likeness (QED) is 0.683. The Hall–Kier alpha value is -1.66. The van der Waals surface area contributed by atoms with Crippen molar-refractivity contribution in [1.82, 2.24) is 0 Å². The Kier molecular flexibility index (Phi) is 4.80. The summed E-state index contributed by atoms with van der Waals surface area (Å²) in [6.45, 7) is 0. The first kappa shape index (κ1) is 15.7. The van der Waals surface area contributed by atoms with E-state index in [0.717, 1.165) is 0 Å². The number of ether oxygens (including phenoxy) is 1. The van der Waals surface area contributed by atoms with E-state index in [-0.39, 0.29) is 5.57 Å². The summed E-state index contributed by atoms with van der Waals surface area (Å²) in [5.74, 6) is 0.641. The van der Waals surface area contributed by atoms with E-state index in [1.807, 2.05) is 6.07 Å². The van der Waals surface area contributed by atoms with Gasteiger partial charge in [0, 0.05) is 5.37 Å². The van der Waals surface area contributed by atoms with Crippen molar-refractivity contribution in [2.75, 3.05) is 7.11 Å². The fraction of sp³-hybridized carbons (Fsp3) is 0.0769. The number of benzene rings is 1. The van der Waals surface area contributed by atoms with Gasteiger partial charge in [0.25, 0.3) is 0 Å². The number of nitrogens with zero attached hydrogens (tertiary/aromatic N) is 1. The van der Waals surface area contributed by atoms with Crippen molar-refractivity contribution >= 4 is 21.0 Å². The zero-order chi connectivity index (χ0) is 15.5. The SMILES string of the molecule is COc1ccc(C2=CC=C(C#N)C=S2O[Cl+3]([O-])([O-])[O-])cc1. The minimum Gasteiger partial charge on any atom is -0.497 e. The molecule has 0 bridgehead atoms. The van der Waals surface area contributed by atoms with E-state index < -0.39 is 21.0 Å². The Morgan fingerprint density at radius 2 is 1.81 bits per heavy atom. The molecule has 0 amide bonds.